The number of nitrogens with zero attached hydrogens (tertiary/aromatic N) is 1. The molecule has 0 aliphatic rings. The molecule has 0 aliphatic heterocycles. The summed E-state index contributed by atoms with van der Waals surface area (Å²) in [4.78, 5) is 24.4. The van der Waals surface area contributed by atoms with Gasteiger partial charge in [0.05, 0.1) is 32.6 Å². The Morgan fingerprint density at radius 3 is 2.52 bits per heavy atom. The summed E-state index contributed by atoms with van der Waals surface area (Å²) in [5.74, 6) is 0.914. The van der Waals surface area contributed by atoms with E-state index in [0.29, 0.717) is 29.2 Å². The molecule has 0 fully saturated rings. The highest BCUT2D eigenvalue weighted by Crippen LogP contribution is 2.29. The molecule has 0 unspecified atom stereocenters. The minimum absolute atomic E-state index is 0.150. The first-order chi connectivity index (χ1) is 13.9. The summed E-state index contributed by atoms with van der Waals surface area (Å²) in [6.45, 7) is 4.25. The fourth-order valence-electron chi connectivity index (χ4n) is 3.14. The average Bonchev–Trinajstić information content (AvgIpc) is 3.35. The van der Waals surface area contributed by atoms with Crippen LogP contribution in [0.1, 0.15) is 37.9 Å². The number of Topliss-reactive ketones (excluding diaryl/α,β-unsaturated/α-hetero) is 1. The van der Waals surface area contributed by atoms with Crippen LogP contribution in [0.2, 0.25) is 0 Å². The highest BCUT2D eigenvalue weighted by atomic mass is 16.5. The first-order valence-electron chi connectivity index (χ1n) is 9.06. The standard InChI is InChI=1S/C22H23NO6/c1-14-10-18(15(2)23(14)12-17-6-5-9-28-17)19(24)13-29-20-8-7-16(22(25)27-4)11-21(20)26-3/h5-11H,12-13H2,1-4H3. The van der Waals surface area contributed by atoms with E-state index in [1.54, 1.807) is 18.4 Å². The summed E-state index contributed by atoms with van der Waals surface area (Å²) in [5.41, 5.74) is 2.74. The van der Waals surface area contributed by atoms with E-state index in [9.17, 15) is 9.59 Å². The number of ketones is 1. The third-order valence-corrected chi connectivity index (χ3v) is 4.71. The molecule has 152 valence electrons. The van der Waals surface area contributed by atoms with Crippen molar-refractivity contribution < 1.29 is 28.2 Å². The summed E-state index contributed by atoms with van der Waals surface area (Å²) in [6, 6.07) is 10.2. The molecule has 0 bridgehead atoms. The van der Waals surface area contributed by atoms with Gasteiger partial charge in [-0.15, -0.1) is 0 Å². The van der Waals surface area contributed by atoms with Crippen molar-refractivity contribution in [2.24, 2.45) is 0 Å². The molecule has 7 nitrogen and oxygen atoms in total. The molecule has 0 amide bonds. The lowest BCUT2D eigenvalue weighted by Gasteiger charge is -2.11. The van der Waals surface area contributed by atoms with Crippen molar-refractivity contribution in [2.45, 2.75) is 20.4 Å². The van der Waals surface area contributed by atoms with Gasteiger partial charge in [-0.3, -0.25) is 4.79 Å². The minimum Gasteiger partial charge on any atom is -0.493 e. The van der Waals surface area contributed by atoms with Gasteiger partial charge in [0, 0.05) is 17.0 Å². The molecule has 0 atom stereocenters. The van der Waals surface area contributed by atoms with Crippen molar-refractivity contribution in [1.29, 1.82) is 0 Å². The van der Waals surface area contributed by atoms with Gasteiger partial charge >= 0.3 is 5.97 Å². The van der Waals surface area contributed by atoms with E-state index in [4.69, 9.17) is 18.6 Å². The van der Waals surface area contributed by atoms with Crippen molar-refractivity contribution in [3.8, 4) is 11.5 Å². The van der Waals surface area contributed by atoms with Crippen LogP contribution in [0.5, 0.6) is 11.5 Å². The largest absolute Gasteiger partial charge is 0.493 e. The Hall–Kier alpha value is -3.48. The number of esters is 1. The number of ether oxygens (including phenoxy) is 3. The molecule has 7 heteroatoms. The zero-order chi connectivity index (χ0) is 21.0. The Morgan fingerprint density at radius 2 is 1.86 bits per heavy atom. The molecular weight excluding hydrogens is 374 g/mol. The van der Waals surface area contributed by atoms with E-state index in [2.05, 4.69) is 0 Å². The number of rotatable bonds is 8. The van der Waals surface area contributed by atoms with Crippen molar-refractivity contribution >= 4 is 11.8 Å². The molecule has 0 saturated carbocycles. The molecule has 2 heterocycles. The molecule has 29 heavy (non-hydrogen) atoms. The lowest BCUT2D eigenvalue weighted by molar-refractivity contribution is 0.0600. The number of aryl methyl sites for hydroxylation is 1. The Bertz CT molecular complexity index is 1020. The molecule has 0 aliphatic carbocycles. The third-order valence-electron chi connectivity index (χ3n) is 4.71. The van der Waals surface area contributed by atoms with Crippen molar-refractivity contribution in [2.75, 3.05) is 20.8 Å². The first-order valence-corrected chi connectivity index (χ1v) is 9.06. The number of hydrogen-bond donors (Lipinski definition) is 0. The molecule has 2 aromatic heterocycles. The van der Waals surface area contributed by atoms with Gasteiger partial charge in [0.25, 0.3) is 0 Å². The highest BCUT2D eigenvalue weighted by Gasteiger charge is 2.18. The molecule has 1 aromatic carbocycles. The average molecular weight is 397 g/mol. The number of methoxy groups -OCH3 is 2. The number of furan rings is 1. The number of carbonyl (C=O) groups excluding carboxylic acids is 2. The zero-order valence-corrected chi connectivity index (χ0v) is 16.9. The van der Waals surface area contributed by atoms with Gasteiger partial charge in [-0.25, -0.2) is 4.79 Å². The predicted octanol–water partition coefficient (Wildman–Crippen LogP) is 3.80. The number of benzene rings is 1. The maximum Gasteiger partial charge on any atom is 0.337 e. The summed E-state index contributed by atoms with van der Waals surface area (Å²) in [7, 11) is 2.77. The van der Waals surface area contributed by atoms with Gasteiger partial charge < -0.3 is 23.2 Å². The first kappa shape index (κ1) is 20.3. The fraction of sp³-hybridized carbons (Fsp3) is 0.273. The Labute approximate surface area is 168 Å². The predicted molar refractivity (Wildman–Crippen MR) is 106 cm³/mol. The van der Waals surface area contributed by atoms with E-state index in [1.807, 2.05) is 36.6 Å². The Balaban J connectivity index is 1.74. The number of hydrogen-bond acceptors (Lipinski definition) is 6. The molecule has 0 radical (unpaired) electrons. The lowest BCUT2D eigenvalue weighted by Crippen LogP contribution is -2.14. The summed E-state index contributed by atoms with van der Waals surface area (Å²) in [5, 5.41) is 0. The molecule has 0 saturated heterocycles. The second-order valence-electron chi connectivity index (χ2n) is 6.52. The molecule has 0 N–H and O–H groups in total. The van der Waals surface area contributed by atoms with Crippen molar-refractivity contribution in [1.82, 2.24) is 4.57 Å². The van der Waals surface area contributed by atoms with Crippen LogP contribution in [0.25, 0.3) is 0 Å². The van der Waals surface area contributed by atoms with Crippen LogP contribution in [-0.4, -0.2) is 37.1 Å². The minimum atomic E-state index is -0.477. The second-order valence-corrected chi connectivity index (χ2v) is 6.52. The van der Waals surface area contributed by atoms with Gasteiger partial charge in [0.15, 0.2) is 18.1 Å². The van der Waals surface area contributed by atoms with E-state index < -0.39 is 5.97 Å². The summed E-state index contributed by atoms with van der Waals surface area (Å²) >= 11 is 0. The van der Waals surface area contributed by atoms with Gasteiger partial charge in [-0.05, 0) is 50.2 Å². The maximum absolute atomic E-state index is 12.8. The normalized spacial score (nSPS) is 10.6. The van der Waals surface area contributed by atoms with Crippen LogP contribution in [0, 0.1) is 13.8 Å². The summed E-state index contributed by atoms with van der Waals surface area (Å²) in [6.07, 6.45) is 1.63. The van der Waals surface area contributed by atoms with Crippen LogP contribution in [-0.2, 0) is 11.3 Å². The summed E-state index contributed by atoms with van der Waals surface area (Å²) < 4.78 is 23.1. The topological polar surface area (TPSA) is 79.9 Å². The molecule has 3 aromatic rings. The zero-order valence-electron chi connectivity index (χ0n) is 16.9. The molecular formula is C22H23NO6. The van der Waals surface area contributed by atoms with Crippen LogP contribution in [0.15, 0.2) is 47.1 Å². The smallest absolute Gasteiger partial charge is 0.337 e. The second kappa shape index (κ2) is 8.68. The number of carbonyl (C=O) groups is 2. The van der Waals surface area contributed by atoms with Gasteiger partial charge in [0.2, 0.25) is 5.78 Å². The van der Waals surface area contributed by atoms with Gasteiger partial charge in [0.1, 0.15) is 5.76 Å². The van der Waals surface area contributed by atoms with Crippen LogP contribution >= 0.6 is 0 Å². The Kier molecular flexibility index (Phi) is 6.07. The highest BCUT2D eigenvalue weighted by molar-refractivity contribution is 5.98. The van der Waals surface area contributed by atoms with E-state index >= 15 is 0 Å². The SMILES string of the molecule is COC(=O)c1ccc(OCC(=O)c2cc(C)n(Cc3ccco3)c2C)c(OC)c1. The maximum atomic E-state index is 12.8. The van der Waals surface area contributed by atoms with Crippen LogP contribution < -0.4 is 9.47 Å². The molecule has 3 rings (SSSR count). The van der Waals surface area contributed by atoms with E-state index in [1.165, 1.54) is 20.3 Å². The van der Waals surface area contributed by atoms with E-state index in [-0.39, 0.29) is 12.4 Å². The van der Waals surface area contributed by atoms with Crippen molar-refractivity contribution in [3.05, 3.63) is 70.9 Å². The molecule has 0 spiro atoms. The van der Waals surface area contributed by atoms with Gasteiger partial charge in [-0.2, -0.15) is 0 Å². The van der Waals surface area contributed by atoms with Gasteiger partial charge in [-0.1, -0.05) is 0 Å². The monoisotopic (exact) mass is 397 g/mol. The fourth-order valence-corrected chi connectivity index (χ4v) is 3.14. The Morgan fingerprint density at radius 1 is 1.07 bits per heavy atom. The van der Waals surface area contributed by atoms with E-state index in [0.717, 1.165) is 17.1 Å². The van der Waals surface area contributed by atoms with Crippen LogP contribution in [0.3, 0.4) is 0 Å². The van der Waals surface area contributed by atoms with Crippen LogP contribution in [0.4, 0.5) is 0 Å². The quantitative estimate of drug-likeness (QED) is 0.425. The third kappa shape index (κ3) is 4.34. The van der Waals surface area contributed by atoms with Crippen molar-refractivity contribution in [3.63, 3.8) is 0 Å². The number of aromatic nitrogens is 1. The lowest BCUT2D eigenvalue weighted by atomic mass is 10.1.